The number of hydrogen-bond acceptors (Lipinski definition) is 4. The van der Waals surface area contributed by atoms with E-state index in [2.05, 4.69) is 15.6 Å². The zero-order valence-corrected chi connectivity index (χ0v) is 13.0. The number of amides is 1. The monoisotopic (exact) mass is 311 g/mol. The molecule has 1 atom stereocenters. The molecule has 5 nitrogen and oxygen atoms in total. The molecule has 5 heteroatoms. The molecule has 120 valence electrons. The number of aliphatic hydroxyl groups excluding tert-OH is 1. The van der Waals surface area contributed by atoms with E-state index in [1.54, 1.807) is 6.07 Å². The summed E-state index contributed by atoms with van der Waals surface area (Å²) >= 11 is 0. The van der Waals surface area contributed by atoms with Gasteiger partial charge in [0.2, 0.25) is 0 Å². The summed E-state index contributed by atoms with van der Waals surface area (Å²) in [6.07, 6.45) is 3.99. The number of nitrogens with one attached hydrogen (secondary N) is 2. The molecule has 2 fully saturated rings. The Morgan fingerprint density at radius 3 is 2.78 bits per heavy atom. The van der Waals surface area contributed by atoms with Crippen molar-refractivity contribution in [1.82, 2.24) is 10.3 Å². The maximum atomic E-state index is 12.5. The van der Waals surface area contributed by atoms with Crippen LogP contribution in [0.25, 0.3) is 10.9 Å². The Morgan fingerprint density at radius 2 is 2.04 bits per heavy atom. The van der Waals surface area contributed by atoms with E-state index >= 15 is 0 Å². The van der Waals surface area contributed by atoms with E-state index in [0.717, 1.165) is 36.6 Å². The van der Waals surface area contributed by atoms with Gasteiger partial charge in [-0.3, -0.25) is 4.79 Å². The van der Waals surface area contributed by atoms with E-state index in [1.165, 1.54) is 0 Å². The Morgan fingerprint density at radius 1 is 1.26 bits per heavy atom. The Balaban J connectivity index is 1.60. The number of nitrogens with zero attached hydrogens (tertiary/aromatic N) is 1. The molecule has 1 aromatic carbocycles. The first kappa shape index (κ1) is 14.5. The van der Waals surface area contributed by atoms with Gasteiger partial charge in [-0.05, 0) is 43.7 Å². The highest BCUT2D eigenvalue weighted by Crippen LogP contribution is 2.32. The first-order valence-electron chi connectivity index (χ1n) is 8.33. The number of anilines is 1. The van der Waals surface area contributed by atoms with Gasteiger partial charge in [0.05, 0.1) is 17.2 Å². The second-order valence-corrected chi connectivity index (χ2v) is 6.61. The summed E-state index contributed by atoms with van der Waals surface area (Å²) in [5.74, 6) is 1.02. The minimum absolute atomic E-state index is 0.0445. The largest absolute Gasteiger partial charge is 0.391 e. The molecule has 2 saturated carbocycles. The number of benzene rings is 1. The van der Waals surface area contributed by atoms with E-state index in [-0.39, 0.29) is 12.0 Å². The van der Waals surface area contributed by atoms with Crippen LogP contribution < -0.4 is 10.6 Å². The highest BCUT2D eigenvalue weighted by Gasteiger charge is 2.29. The van der Waals surface area contributed by atoms with Gasteiger partial charge < -0.3 is 15.7 Å². The lowest BCUT2D eigenvalue weighted by Gasteiger charge is -2.14. The van der Waals surface area contributed by atoms with Crippen LogP contribution in [0.4, 0.5) is 5.82 Å². The van der Waals surface area contributed by atoms with Crippen LogP contribution in [0.2, 0.25) is 0 Å². The molecule has 0 radical (unpaired) electrons. The van der Waals surface area contributed by atoms with Crippen LogP contribution in [0.1, 0.15) is 36.0 Å². The number of carbonyl (C=O) groups is 1. The average Bonchev–Trinajstić information content (AvgIpc) is 3.45. The number of hydrogen-bond donors (Lipinski definition) is 3. The summed E-state index contributed by atoms with van der Waals surface area (Å²) in [5, 5.41) is 17.1. The van der Waals surface area contributed by atoms with E-state index < -0.39 is 0 Å². The van der Waals surface area contributed by atoms with Crippen molar-refractivity contribution in [3.8, 4) is 0 Å². The predicted molar refractivity (Wildman–Crippen MR) is 89.5 cm³/mol. The Bertz CT molecular complexity index is 738. The van der Waals surface area contributed by atoms with Crippen molar-refractivity contribution in [2.24, 2.45) is 5.92 Å². The molecular formula is C18H21N3O2. The van der Waals surface area contributed by atoms with Crippen LogP contribution in [0.15, 0.2) is 30.3 Å². The second kappa shape index (κ2) is 5.81. The summed E-state index contributed by atoms with van der Waals surface area (Å²) in [6, 6.07) is 9.78. The third kappa shape index (κ3) is 3.29. The lowest BCUT2D eigenvalue weighted by molar-refractivity contribution is 0.0952. The molecule has 3 N–H and O–H groups in total. The van der Waals surface area contributed by atoms with Crippen molar-refractivity contribution in [2.45, 2.75) is 37.8 Å². The fourth-order valence-corrected chi connectivity index (χ4v) is 2.80. The Hall–Kier alpha value is -2.14. The fourth-order valence-electron chi connectivity index (χ4n) is 2.80. The molecule has 23 heavy (non-hydrogen) atoms. The van der Waals surface area contributed by atoms with Crippen LogP contribution in [0.5, 0.6) is 0 Å². The standard InChI is InChI=1S/C18H21N3O2/c22-16(11-5-6-11)10-19-17-9-14(18(23)20-12-7-8-12)13-3-1-2-4-15(13)21-17/h1-4,9,11-12,16,22H,5-8,10H2,(H,19,21)(H,20,23). The number of aromatic nitrogens is 1. The quantitative estimate of drug-likeness (QED) is 0.765. The molecule has 0 aliphatic heterocycles. The summed E-state index contributed by atoms with van der Waals surface area (Å²) in [4.78, 5) is 17.1. The minimum Gasteiger partial charge on any atom is -0.391 e. The Labute approximate surface area is 135 Å². The van der Waals surface area contributed by atoms with Gasteiger partial charge in [-0.25, -0.2) is 4.98 Å². The predicted octanol–water partition coefficient (Wildman–Crippen LogP) is 2.31. The number of fused-ring (bicyclic) bond motifs is 1. The van der Waals surface area contributed by atoms with Crippen molar-refractivity contribution >= 4 is 22.6 Å². The van der Waals surface area contributed by atoms with E-state index in [0.29, 0.717) is 29.9 Å². The third-order valence-corrected chi connectivity index (χ3v) is 4.53. The first-order valence-corrected chi connectivity index (χ1v) is 8.33. The molecule has 2 aliphatic carbocycles. The van der Waals surface area contributed by atoms with Gasteiger partial charge in [-0.15, -0.1) is 0 Å². The number of pyridine rings is 1. The first-order chi connectivity index (χ1) is 11.2. The van der Waals surface area contributed by atoms with Crippen molar-refractivity contribution in [2.75, 3.05) is 11.9 Å². The molecule has 0 spiro atoms. The van der Waals surface area contributed by atoms with Gasteiger partial charge in [-0.1, -0.05) is 18.2 Å². The van der Waals surface area contributed by atoms with E-state index in [4.69, 9.17) is 0 Å². The van der Waals surface area contributed by atoms with Crippen LogP contribution >= 0.6 is 0 Å². The van der Waals surface area contributed by atoms with Crippen molar-refractivity contribution in [1.29, 1.82) is 0 Å². The van der Waals surface area contributed by atoms with Gasteiger partial charge in [-0.2, -0.15) is 0 Å². The number of para-hydroxylation sites is 1. The van der Waals surface area contributed by atoms with Gasteiger partial charge in [0.1, 0.15) is 5.82 Å². The number of carbonyl (C=O) groups excluding carboxylic acids is 1. The SMILES string of the molecule is O=C(NC1CC1)c1cc(NCC(O)C2CC2)nc2ccccc12. The topological polar surface area (TPSA) is 74.2 Å². The van der Waals surface area contributed by atoms with Gasteiger partial charge >= 0.3 is 0 Å². The molecule has 1 aromatic heterocycles. The molecule has 0 bridgehead atoms. The summed E-state index contributed by atoms with van der Waals surface area (Å²) in [6.45, 7) is 0.472. The molecule has 1 unspecified atom stereocenters. The lowest BCUT2D eigenvalue weighted by atomic mass is 10.1. The maximum Gasteiger partial charge on any atom is 0.252 e. The molecule has 1 heterocycles. The zero-order chi connectivity index (χ0) is 15.8. The molecule has 2 aromatic rings. The average molecular weight is 311 g/mol. The summed E-state index contributed by atoms with van der Waals surface area (Å²) in [7, 11) is 0. The van der Waals surface area contributed by atoms with Gasteiger partial charge in [0.15, 0.2) is 0 Å². The number of aliphatic hydroxyl groups is 1. The molecule has 1 amide bonds. The maximum absolute atomic E-state index is 12.5. The van der Waals surface area contributed by atoms with Crippen LogP contribution in [-0.4, -0.2) is 34.7 Å². The van der Waals surface area contributed by atoms with E-state index in [9.17, 15) is 9.90 Å². The molecule has 2 aliphatic rings. The normalized spacial score (nSPS) is 18.7. The number of rotatable bonds is 6. The summed E-state index contributed by atoms with van der Waals surface area (Å²) in [5.41, 5.74) is 1.44. The minimum atomic E-state index is -0.341. The van der Waals surface area contributed by atoms with Crippen molar-refractivity contribution < 1.29 is 9.90 Å². The third-order valence-electron chi connectivity index (χ3n) is 4.53. The highest BCUT2D eigenvalue weighted by atomic mass is 16.3. The summed E-state index contributed by atoms with van der Waals surface area (Å²) < 4.78 is 0. The highest BCUT2D eigenvalue weighted by molar-refractivity contribution is 6.07. The molecule has 4 rings (SSSR count). The van der Waals surface area contributed by atoms with Crippen LogP contribution in [0, 0.1) is 5.92 Å². The van der Waals surface area contributed by atoms with Crippen LogP contribution in [-0.2, 0) is 0 Å². The fraction of sp³-hybridized carbons (Fsp3) is 0.444. The van der Waals surface area contributed by atoms with Gasteiger partial charge in [0, 0.05) is 18.0 Å². The van der Waals surface area contributed by atoms with E-state index in [1.807, 2.05) is 24.3 Å². The molecule has 0 saturated heterocycles. The van der Waals surface area contributed by atoms with Crippen molar-refractivity contribution in [3.05, 3.63) is 35.9 Å². The lowest BCUT2D eigenvalue weighted by Crippen LogP contribution is -2.26. The zero-order valence-electron chi connectivity index (χ0n) is 13.0. The van der Waals surface area contributed by atoms with Gasteiger partial charge in [0.25, 0.3) is 5.91 Å². The Kier molecular flexibility index (Phi) is 3.65. The molecular weight excluding hydrogens is 290 g/mol. The second-order valence-electron chi connectivity index (χ2n) is 6.61. The van der Waals surface area contributed by atoms with Crippen molar-refractivity contribution in [3.63, 3.8) is 0 Å². The smallest absolute Gasteiger partial charge is 0.252 e. The van der Waals surface area contributed by atoms with Crippen LogP contribution in [0.3, 0.4) is 0 Å².